The van der Waals surface area contributed by atoms with Crippen LogP contribution in [0.5, 0.6) is 11.5 Å². The Labute approximate surface area is 183 Å². The van der Waals surface area contributed by atoms with Crippen LogP contribution in [0.1, 0.15) is 15.8 Å². The summed E-state index contributed by atoms with van der Waals surface area (Å²) in [7, 11) is 0. The first-order chi connectivity index (χ1) is 14.7. The number of ether oxygens (including phenoxy) is 1. The summed E-state index contributed by atoms with van der Waals surface area (Å²) in [6.07, 6.45) is 3.45. The number of rotatable bonds is 7. The van der Waals surface area contributed by atoms with Crippen molar-refractivity contribution in [2.24, 2.45) is 5.10 Å². The maximum Gasteiger partial charge on any atom is 0.277 e. The molecule has 0 radical (unpaired) electrons. The second-order valence-corrected chi connectivity index (χ2v) is 9.27. The van der Waals surface area contributed by atoms with Gasteiger partial charge in [0.1, 0.15) is 11.5 Å². The van der Waals surface area contributed by atoms with Gasteiger partial charge in [-0.2, -0.15) is 5.10 Å². The third-order valence-corrected chi connectivity index (χ3v) is 7.54. The third-order valence-electron chi connectivity index (χ3n) is 4.44. The highest BCUT2D eigenvalue weighted by Gasteiger charge is 2.17. The standard InChI is InChI=1S/C22H21N3O3S2/c26-19-7-5-17(6-8-19)25-11-1-2-18(25)14-23-24-21(27)15-28-20-9-3-16(4-10-20)22-29-12-13-30-22/h1-11,14,22,26H,12-13,15H2,(H,24,27)/b23-14-. The molecule has 1 aliphatic rings. The normalized spacial score (nSPS) is 14.3. The lowest BCUT2D eigenvalue weighted by Crippen LogP contribution is -2.24. The molecule has 1 amide bonds. The highest BCUT2D eigenvalue weighted by molar-refractivity contribution is 8.19. The fourth-order valence-electron chi connectivity index (χ4n) is 2.97. The van der Waals surface area contributed by atoms with Gasteiger partial charge in [0.25, 0.3) is 5.91 Å². The molecule has 0 aliphatic carbocycles. The number of hydrogen-bond donors (Lipinski definition) is 2. The number of hydrogen-bond acceptors (Lipinski definition) is 6. The number of nitrogens with one attached hydrogen (secondary N) is 1. The summed E-state index contributed by atoms with van der Waals surface area (Å²) in [4.78, 5) is 12.0. The highest BCUT2D eigenvalue weighted by Crippen LogP contribution is 2.45. The van der Waals surface area contributed by atoms with Crippen LogP contribution in [0.4, 0.5) is 0 Å². The molecule has 8 heteroatoms. The van der Waals surface area contributed by atoms with Crippen LogP contribution in [-0.2, 0) is 4.79 Å². The van der Waals surface area contributed by atoms with Crippen molar-refractivity contribution in [1.82, 2.24) is 9.99 Å². The van der Waals surface area contributed by atoms with Crippen LogP contribution >= 0.6 is 23.5 Å². The van der Waals surface area contributed by atoms with Gasteiger partial charge >= 0.3 is 0 Å². The SMILES string of the molecule is O=C(COc1ccc(C2SCCS2)cc1)N/N=C\c1cccn1-c1ccc(O)cc1. The molecule has 154 valence electrons. The van der Waals surface area contributed by atoms with Crippen LogP contribution in [0.15, 0.2) is 72.0 Å². The first kappa shape index (κ1) is 20.4. The Kier molecular flexibility index (Phi) is 6.66. The van der Waals surface area contributed by atoms with Crippen molar-refractivity contribution in [3.8, 4) is 17.2 Å². The lowest BCUT2D eigenvalue weighted by atomic mass is 10.2. The molecule has 1 fully saturated rings. The van der Waals surface area contributed by atoms with Crippen LogP contribution in [0, 0.1) is 0 Å². The van der Waals surface area contributed by atoms with Gasteiger partial charge in [-0.3, -0.25) is 4.79 Å². The van der Waals surface area contributed by atoms with E-state index in [1.54, 1.807) is 30.5 Å². The second-order valence-electron chi connectivity index (χ2n) is 6.54. The van der Waals surface area contributed by atoms with Gasteiger partial charge in [0.15, 0.2) is 6.61 Å². The number of thioether (sulfide) groups is 2. The zero-order valence-electron chi connectivity index (χ0n) is 16.1. The first-order valence-corrected chi connectivity index (χ1v) is 11.5. The summed E-state index contributed by atoms with van der Waals surface area (Å²) in [5.41, 5.74) is 5.43. The Bertz CT molecular complexity index is 1010. The van der Waals surface area contributed by atoms with Gasteiger partial charge < -0.3 is 14.4 Å². The Morgan fingerprint density at radius 2 is 1.87 bits per heavy atom. The van der Waals surface area contributed by atoms with E-state index >= 15 is 0 Å². The molecule has 2 aromatic carbocycles. The number of carbonyl (C=O) groups is 1. The Balaban J connectivity index is 1.27. The van der Waals surface area contributed by atoms with Crippen molar-refractivity contribution in [1.29, 1.82) is 0 Å². The van der Waals surface area contributed by atoms with Crippen LogP contribution in [0.25, 0.3) is 5.69 Å². The number of hydrazone groups is 1. The number of phenolic OH excluding ortho intramolecular Hbond substituents is 1. The molecular formula is C22H21N3O3S2. The van der Waals surface area contributed by atoms with Gasteiger partial charge in [0, 0.05) is 23.4 Å². The van der Waals surface area contributed by atoms with Crippen molar-refractivity contribution in [2.75, 3.05) is 18.1 Å². The van der Waals surface area contributed by atoms with Gasteiger partial charge in [-0.15, -0.1) is 23.5 Å². The summed E-state index contributed by atoms with van der Waals surface area (Å²) in [6, 6.07) is 18.5. The number of amides is 1. The van der Waals surface area contributed by atoms with E-state index in [1.165, 1.54) is 17.1 Å². The molecule has 0 saturated carbocycles. The van der Waals surface area contributed by atoms with Crippen LogP contribution in [0.3, 0.4) is 0 Å². The van der Waals surface area contributed by atoms with Gasteiger partial charge in [-0.25, -0.2) is 5.43 Å². The zero-order chi connectivity index (χ0) is 20.8. The number of aromatic hydroxyl groups is 1. The summed E-state index contributed by atoms with van der Waals surface area (Å²) in [5, 5.41) is 13.4. The minimum Gasteiger partial charge on any atom is -0.508 e. The Morgan fingerprint density at radius 1 is 1.13 bits per heavy atom. The van der Waals surface area contributed by atoms with Crippen molar-refractivity contribution in [2.45, 2.75) is 4.58 Å². The number of aromatic nitrogens is 1. The lowest BCUT2D eigenvalue weighted by molar-refractivity contribution is -0.123. The highest BCUT2D eigenvalue weighted by atomic mass is 32.2. The molecule has 1 aromatic heterocycles. The maximum absolute atomic E-state index is 12.0. The molecule has 0 spiro atoms. The molecule has 0 atom stereocenters. The van der Waals surface area contributed by atoms with Crippen LogP contribution < -0.4 is 10.2 Å². The quantitative estimate of drug-likeness (QED) is 0.426. The average Bonchev–Trinajstić information content (AvgIpc) is 3.46. The Morgan fingerprint density at radius 3 is 2.60 bits per heavy atom. The molecule has 2 N–H and O–H groups in total. The molecule has 30 heavy (non-hydrogen) atoms. The Hall–Kier alpha value is -2.84. The van der Waals surface area contributed by atoms with Crippen molar-refractivity contribution in [3.63, 3.8) is 0 Å². The largest absolute Gasteiger partial charge is 0.508 e. The van der Waals surface area contributed by atoms with E-state index in [0.29, 0.717) is 10.3 Å². The van der Waals surface area contributed by atoms with E-state index in [-0.39, 0.29) is 18.3 Å². The summed E-state index contributed by atoms with van der Waals surface area (Å²) < 4.78 is 7.94. The maximum atomic E-state index is 12.0. The van der Waals surface area contributed by atoms with Crippen molar-refractivity contribution >= 4 is 35.6 Å². The molecule has 4 rings (SSSR count). The minimum absolute atomic E-state index is 0.109. The fraction of sp³-hybridized carbons (Fsp3) is 0.182. The number of phenols is 1. The molecule has 1 aliphatic heterocycles. The van der Waals surface area contributed by atoms with Gasteiger partial charge in [0.05, 0.1) is 16.5 Å². The molecule has 1 saturated heterocycles. The van der Waals surface area contributed by atoms with Gasteiger partial charge in [-0.1, -0.05) is 12.1 Å². The van der Waals surface area contributed by atoms with Crippen LogP contribution in [-0.4, -0.2) is 39.9 Å². The predicted molar refractivity (Wildman–Crippen MR) is 123 cm³/mol. The molecule has 0 bridgehead atoms. The van der Waals surface area contributed by atoms with E-state index in [2.05, 4.69) is 22.7 Å². The summed E-state index contributed by atoms with van der Waals surface area (Å²) in [6.45, 7) is -0.109. The zero-order valence-corrected chi connectivity index (χ0v) is 17.7. The number of benzene rings is 2. The van der Waals surface area contributed by atoms with Crippen molar-refractivity contribution < 1.29 is 14.6 Å². The van der Waals surface area contributed by atoms with E-state index in [9.17, 15) is 9.90 Å². The smallest absolute Gasteiger partial charge is 0.277 e. The molecule has 6 nitrogen and oxygen atoms in total. The molecular weight excluding hydrogens is 418 g/mol. The average molecular weight is 440 g/mol. The minimum atomic E-state index is -0.333. The monoisotopic (exact) mass is 439 g/mol. The van der Waals surface area contributed by atoms with E-state index in [4.69, 9.17) is 4.74 Å². The molecule has 3 aromatic rings. The van der Waals surface area contributed by atoms with Crippen LogP contribution in [0.2, 0.25) is 0 Å². The van der Waals surface area contributed by atoms with Crippen molar-refractivity contribution in [3.05, 3.63) is 78.1 Å². The molecule has 2 heterocycles. The second kappa shape index (κ2) is 9.77. The predicted octanol–water partition coefficient (Wildman–Crippen LogP) is 4.19. The number of carbonyl (C=O) groups excluding carboxylic acids is 1. The summed E-state index contributed by atoms with van der Waals surface area (Å²) in [5.74, 6) is 2.91. The van der Waals surface area contributed by atoms with E-state index in [1.807, 2.05) is 58.6 Å². The fourth-order valence-corrected chi connectivity index (χ4v) is 5.83. The van der Waals surface area contributed by atoms with Gasteiger partial charge in [-0.05, 0) is 54.1 Å². The third kappa shape index (κ3) is 5.20. The molecule has 0 unspecified atom stereocenters. The topological polar surface area (TPSA) is 75.8 Å². The number of nitrogens with zero attached hydrogens (tertiary/aromatic N) is 2. The van der Waals surface area contributed by atoms with E-state index in [0.717, 1.165) is 11.4 Å². The lowest BCUT2D eigenvalue weighted by Gasteiger charge is -2.10. The van der Waals surface area contributed by atoms with E-state index < -0.39 is 0 Å². The summed E-state index contributed by atoms with van der Waals surface area (Å²) >= 11 is 3.91. The van der Waals surface area contributed by atoms with Gasteiger partial charge in [0.2, 0.25) is 0 Å². The first-order valence-electron chi connectivity index (χ1n) is 9.44.